The Labute approximate surface area is 111 Å². The Morgan fingerprint density at radius 3 is 2.78 bits per heavy atom. The third-order valence-corrected chi connectivity index (χ3v) is 5.16. The fourth-order valence-corrected chi connectivity index (χ4v) is 3.50. The summed E-state index contributed by atoms with van der Waals surface area (Å²) in [7, 11) is 4.21. The lowest BCUT2D eigenvalue weighted by atomic mass is 9.78. The number of likely N-dealkylation sites (N-methyl/N-ethyl adjacent to an activating group) is 2. The molecule has 1 heterocycles. The summed E-state index contributed by atoms with van der Waals surface area (Å²) in [5, 5.41) is 13.0. The normalized spacial score (nSPS) is 40.0. The van der Waals surface area contributed by atoms with E-state index in [1.807, 2.05) is 7.05 Å². The van der Waals surface area contributed by atoms with E-state index in [1.54, 1.807) is 0 Å². The first-order valence-electron chi connectivity index (χ1n) is 7.34. The lowest BCUT2D eigenvalue weighted by molar-refractivity contribution is 0.0228. The molecule has 3 unspecified atom stereocenters. The molecular formula is C14H29N3O. The number of piperazine rings is 1. The number of hydrogen-bond donors (Lipinski definition) is 2. The molecule has 2 fully saturated rings. The smallest absolute Gasteiger partial charge is 0.0613 e. The van der Waals surface area contributed by atoms with E-state index in [0.29, 0.717) is 12.1 Å². The largest absolute Gasteiger partial charge is 0.394 e. The van der Waals surface area contributed by atoms with Crippen LogP contribution in [0.15, 0.2) is 0 Å². The summed E-state index contributed by atoms with van der Waals surface area (Å²) in [6.07, 6.45) is 4.73. The van der Waals surface area contributed by atoms with Crippen molar-refractivity contribution >= 4 is 0 Å². The summed E-state index contributed by atoms with van der Waals surface area (Å²) in [5.74, 6) is 0. The van der Waals surface area contributed by atoms with E-state index in [9.17, 15) is 5.11 Å². The molecule has 4 nitrogen and oxygen atoms in total. The lowest BCUT2D eigenvalue weighted by Gasteiger charge is -2.47. The van der Waals surface area contributed by atoms with Crippen LogP contribution in [0.2, 0.25) is 0 Å². The first-order chi connectivity index (χ1) is 8.60. The maximum Gasteiger partial charge on any atom is 0.0613 e. The van der Waals surface area contributed by atoms with Gasteiger partial charge in [0.2, 0.25) is 0 Å². The van der Waals surface area contributed by atoms with E-state index in [0.717, 1.165) is 12.8 Å². The second-order valence-electron chi connectivity index (χ2n) is 6.26. The summed E-state index contributed by atoms with van der Waals surface area (Å²) in [6, 6.07) is 1.30. The number of hydrogen-bond acceptors (Lipinski definition) is 4. The number of aliphatic hydroxyl groups is 1. The Morgan fingerprint density at radius 2 is 2.17 bits per heavy atom. The highest BCUT2D eigenvalue weighted by Crippen LogP contribution is 2.31. The molecule has 0 radical (unpaired) electrons. The van der Waals surface area contributed by atoms with Crippen molar-refractivity contribution in [2.75, 3.05) is 40.3 Å². The van der Waals surface area contributed by atoms with Crippen LogP contribution in [-0.4, -0.2) is 72.9 Å². The van der Waals surface area contributed by atoms with Crippen LogP contribution in [-0.2, 0) is 0 Å². The van der Waals surface area contributed by atoms with Gasteiger partial charge in [0.1, 0.15) is 0 Å². The van der Waals surface area contributed by atoms with Gasteiger partial charge in [-0.2, -0.15) is 0 Å². The first kappa shape index (κ1) is 14.3. The van der Waals surface area contributed by atoms with Gasteiger partial charge in [-0.05, 0) is 46.7 Å². The number of nitrogens with one attached hydrogen (secondary N) is 1. The van der Waals surface area contributed by atoms with Crippen LogP contribution in [0.1, 0.15) is 32.6 Å². The zero-order chi connectivity index (χ0) is 13.2. The zero-order valence-corrected chi connectivity index (χ0v) is 12.2. The van der Waals surface area contributed by atoms with E-state index in [4.69, 9.17) is 0 Å². The molecule has 0 aromatic rings. The number of rotatable bonds is 3. The summed E-state index contributed by atoms with van der Waals surface area (Å²) < 4.78 is 0. The highest BCUT2D eigenvalue weighted by molar-refractivity contribution is 4.96. The SMILES string of the molecule is CNC1(CO)CCCC(N2CCN(C)C(C)C2)C1. The monoisotopic (exact) mass is 255 g/mol. The van der Waals surface area contributed by atoms with Gasteiger partial charge < -0.3 is 15.3 Å². The Bertz CT molecular complexity index is 268. The van der Waals surface area contributed by atoms with Gasteiger partial charge in [-0.15, -0.1) is 0 Å². The molecule has 0 aromatic carbocycles. The Kier molecular flexibility index (Phi) is 4.64. The molecule has 2 rings (SSSR count). The van der Waals surface area contributed by atoms with E-state index in [-0.39, 0.29) is 12.1 Å². The topological polar surface area (TPSA) is 38.7 Å². The van der Waals surface area contributed by atoms with Gasteiger partial charge in [0.25, 0.3) is 0 Å². The van der Waals surface area contributed by atoms with E-state index in [1.165, 1.54) is 32.5 Å². The average Bonchev–Trinajstić information content (AvgIpc) is 2.42. The summed E-state index contributed by atoms with van der Waals surface area (Å²) in [5.41, 5.74) is -0.0322. The van der Waals surface area contributed by atoms with Crippen LogP contribution in [0.25, 0.3) is 0 Å². The Morgan fingerprint density at radius 1 is 1.39 bits per heavy atom. The fourth-order valence-electron chi connectivity index (χ4n) is 3.50. The van der Waals surface area contributed by atoms with Crippen LogP contribution < -0.4 is 5.32 Å². The predicted octanol–water partition coefficient (Wildman–Crippen LogP) is 0.515. The van der Waals surface area contributed by atoms with E-state index < -0.39 is 0 Å². The second-order valence-corrected chi connectivity index (χ2v) is 6.26. The molecule has 0 aromatic heterocycles. The molecule has 0 amide bonds. The van der Waals surface area contributed by atoms with E-state index >= 15 is 0 Å². The van der Waals surface area contributed by atoms with Crippen LogP contribution in [0.3, 0.4) is 0 Å². The van der Waals surface area contributed by atoms with Crippen molar-refractivity contribution in [3.8, 4) is 0 Å². The molecule has 4 heteroatoms. The Balaban J connectivity index is 1.96. The van der Waals surface area contributed by atoms with Crippen molar-refractivity contribution in [1.29, 1.82) is 0 Å². The first-order valence-corrected chi connectivity index (χ1v) is 7.34. The maximum atomic E-state index is 9.66. The molecule has 2 N–H and O–H groups in total. The highest BCUT2D eigenvalue weighted by atomic mass is 16.3. The van der Waals surface area contributed by atoms with Crippen molar-refractivity contribution in [2.45, 2.75) is 50.2 Å². The third-order valence-electron chi connectivity index (χ3n) is 5.16. The number of aliphatic hydroxyl groups excluding tert-OH is 1. The summed E-state index contributed by atoms with van der Waals surface area (Å²) >= 11 is 0. The average molecular weight is 255 g/mol. The minimum absolute atomic E-state index is 0.0322. The molecular weight excluding hydrogens is 226 g/mol. The summed E-state index contributed by atoms with van der Waals surface area (Å²) in [4.78, 5) is 5.09. The predicted molar refractivity (Wildman–Crippen MR) is 74.8 cm³/mol. The molecule has 0 spiro atoms. The molecule has 0 bridgehead atoms. The van der Waals surface area contributed by atoms with Crippen LogP contribution in [0.5, 0.6) is 0 Å². The third kappa shape index (κ3) is 2.87. The highest BCUT2D eigenvalue weighted by Gasteiger charge is 2.38. The van der Waals surface area contributed by atoms with Crippen molar-refractivity contribution in [2.24, 2.45) is 0 Å². The number of nitrogens with zero attached hydrogens (tertiary/aromatic N) is 2. The molecule has 1 aliphatic carbocycles. The standard InChI is InChI=1S/C14H29N3O/c1-12-10-17(8-7-16(12)3)13-5-4-6-14(9-13,11-18)15-2/h12-13,15,18H,4-11H2,1-3H3. The van der Waals surface area contributed by atoms with Crippen molar-refractivity contribution < 1.29 is 5.11 Å². The van der Waals surface area contributed by atoms with Gasteiger partial charge >= 0.3 is 0 Å². The van der Waals surface area contributed by atoms with E-state index in [2.05, 4.69) is 29.1 Å². The van der Waals surface area contributed by atoms with Crippen LogP contribution in [0.4, 0.5) is 0 Å². The quantitative estimate of drug-likeness (QED) is 0.771. The van der Waals surface area contributed by atoms with Crippen molar-refractivity contribution in [3.05, 3.63) is 0 Å². The van der Waals surface area contributed by atoms with Gasteiger partial charge in [-0.1, -0.05) is 0 Å². The molecule has 1 saturated carbocycles. The minimum atomic E-state index is -0.0322. The second kappa shape index (κ2) is 5.87. The van der Waals surface area contributed by atoms with Gasteiger partial charge in [0, 0.05) is 37.3 Å². The van der Waals surface area contributed by atoms with Gasteiger partial charge in [-0.3, -0.25) is 4.90 Å². The van der Waals surface area contributed by atoms with Gasteiger partial charge in [-0.25, -0.2) is 0 Å². The Hall–Kier alpha value is -0.160. The molecule has 2 aliphatic rings. The van der Waals surface area contributed by atoms with Crippen molar-refractivity contribution in [1.82, 2.24) is 15.1 Å². The fraction of sp³-hybridized carbons (Fsp3) is 1.00. The van der Waals surface area contributed by atoms with Crippen LogP contribution in [0, 0.1) is 0 Å². The zero-order valence-electron chi connectivity index (χ0n) is 12.2. The molecule has 18 heavy (non-hydrogen) atoms. The molecule has 1 saturated heterocycles. The van der Waals surface area contributed by atoms with Gasteiger partial charge in [0.05, 0.1) is 6.61 Å². The molecule has 1 aliphatic heterocycles. The minimum Gasteiger partial charge on any atom is -0.394 e. The van der Waals surface area contributed by atoms with Crippen molar-refractivity contribution in [3.63, 3.8) is 0 Å². The lowest BCUT2D eigenvalue weighted by Crippen LogP contribution is -2.59. The van der Waals surface area contributed by atoms with Crippen LogP contribution >= 0.6 is 0 Å². The van der Waals surface area contributed by atoms with Gasteiger partial charge in [0.15, 0.2) is 0 Å². The molecule has 3 atom stereocenters. The molecule has 106 valence electrons. The summed E-state index contributed by atoms with van der Waals surface area (Å²) in [6.45, 7) is 6.10. The maximum absolute atomic E-state index is 9.66.